The average molecular weight is 304 g/mol. The molecular formula is C17H24N2O3. The minimum atomic E-state index is -0.690. The summed E-state index contributed by atoms with van der Waals surface area (Å²) < 4.78 is 0. The number of aldehydes is 1. The molecular weight excluding hydrogens is 280 g/mol. The zero-order chi connectivity index (χ0) is 15.9. The molecule has 0 spiro atoms. The number of pyridine rings is 1. The minimum Gasteiger partial charge on any atom is -0.481 e. The third kappa shape index (κ3) is 4.29. The molecule has 1 N–H and O–H groups in total. The molecule has 5 nitrogen and oxygen atoms in total. The lowest BCUT2D eigenvalue weighted by molar-refractivity contribution is -0.138. The second kappa shape index (κ2) is 7.92. The van der Waals surface area contributed by atoms with Gasteiger partial charge in [0.05, 0.1) is 5.69 Å². The first-order chi connectivity index (χ1) is 10.6. The SMILES string of the molecule is CCN(CC1CCC(CC(=O)O)CC1)c1cccnc1C=O. The van der Waals surface area contributed by atoms with Gasteiger partial charge < -0.3 is 10.0 Å². The Balaban J connectivity index is 1.94. The highest BCUT2D eigenvalue weighted by Gasteiger charge is 2.24. The Labute approximate surface area is 131 Å². The molecule has 1 aromatic rings. The molecule has 0 atom stereocenters. The van der Waals surface area contributed by atoms with E-state index in [0.717, 1.165) is 50.7 Å². The maximum absolute atomic E-state index is 11.1. The Morgan fingerprint density at radius 2 is 2.05 bits per heavy atom. The predicted molar refractivity (Wildman–Crippen MR) is 85.2 cm³/mol. The minimum absolute atomic E-state index is 0.294. The van der Waals surface area contributed by atoms with Gasteiger partial charge in [-0.3, -0.25) is 14.6 Å². The Morgan fingerprint density at radius 1 is 1.36 bits per heavy atom. The zero-order valence-corrected chi connectivity index (χ0v) is 13.1. The normalized spacial score (nSPS) is 21.3. The summed E-state index contributed by atoms with van der Waals surface area (Å²) in [6.45, 7) is 3.82. The Hall–Kier alpha value is -1.91. The average Bonchev–Trinajstić information content (AvgIpc) is 2.53. The van der Waals surface area contributed by atoms with Gasteiger partial charge in [-0.05, 0) is 56.6 Å². The van der Waals surface area contributed by atoms with Crippen LogP contribution in [0.5, 0.6) is 0 Å². The highest BCUT2D eigenvalue weighted by molar-refractivity contribution is 5.81. The van der Waals surface area contributed by atoms with Crippen molar-refractivity contribution < 1.29 is 14.7 Å². The standard InChI is InChI=1S/C17H24N2O3/c1-2-19(16-4-3-9-18-15(16)12-20)11-14-7-5-13(6-8-14)10-17(21)22/h3-4,9,12-14H,2,5-8,10-11H2,1H3,(H,21,22). The van der Waals surface area contributed by atoms with Crippen LogP contribution in [0.25, 0.3) is 0 Å². The molecule has 0 aromatic carbocycles. The van der Waals surface area contributed by atoms with Crippen LogP contribution in [0.1, 0.15) is 49.5 Å². The summed E-state index contributed by atoms with van der Waals surface area (Å²) in [6.07, 6.45) is 6.84. The van der Waals surface area contributed by atoms with Crippen LogP contribution in [0.4, 0.5) is 5.69 Å². The van der Waals surface area contributed by atoms with Gasteiger partial charge >= 0.3 is 5.97 Å². The third-order valence-corrected chi connectivity index (χ3v) is 4.56. The largest absolute Gasteiger partial charge is 0.481 e. The number of hydrogen-bond acceptors (Lipinski definition) is 4. The Bertz CT molecular complexity index is 510. The number of hydrogen-bond donors (Lipinski definition) is 1. The van der Waals surface area contributed by atoms with E-state index in [0.29, 0.717) is 24.0 Å². The molecule has 5 heteroatoms. The first-order valence-electron chi connectivity index (χ1n) is 8.01. The van der Waals surface area contributed by atoms with E-state index in [1.54, 1.807) is 6.20 Å². The van der Waals surface area contributed by atoms with Crippen molar-refractivity contribution in [2.24, 2.45) is 11.8 Å². The quantitative estimate of drug-likeness (QED) is 0.784. The second-order valence-electron chi connectivity index (χ2n) is 6.05. The number of carboxylic acids is 1. The van der Waals surface area contributed by atoms with E-state index < -0.39 is 5.97 Å². The topological polar surface area (TPSA) is 70.5 Å². The molecule has 22 heavy (non-hydrogen) atoms. The van der Waals surface area contributed by atoms with Gasteiger partial charge in [-0.2, -0.15) is 0 Å². The van der Waals surface area contributed by atoms with E-state index >= 15 is 0 Å². The van der Waals surface area contributed by atoms with Crippen LogP contribution < -0.4 is 4.90 Å². The predicted octanol–water partition coefficient (Wildman–Crippen LogP) is 3.00. The summed E-state index contributed by atoms with van der Waals surface area (Å²) in [5.41, 5.74) is 1.39. The van der Waals surface area contributed by atoms with E-state index in [1.165, 1.54) is 0 Å². The van der Waals surface area contributed by atoms with Crippen LogP contribution in [0.3, 0.4) is 0 Å². The molecule has 1 heterocycles. The van der Waals surface area contributed by atoms with Crippen molar-refractivity contribution in [2.75, 3.05) is 18.0 Å². The summed E-state index contributed by atoms with van der Waals surface area (Å²) in [6, 6.07) is 3.80. The third-order valence-electron chi connectivity index (χ3n) is 4.56. The first kappa shape index (κ1) is 16.5. The smallest absolute Gasteiger partial charge is 0.303 e. The molecule has 1 fully saturated rings. The van der Waals surface area contributed by atoms with Gasteiger partial charge in [0.1, 0.15) is 5.69 Å². The van der Waals surface area contributed by atoms with E-state index in [1.807, 2.05) is 12.1 Å². The monoisotopic (exact) mass is 304 g/mol. The summed E-state index contributed by atoms with van der Waals surface area (Å²) >= 11 is 0. The van der Waals surface area contributed by atoms with Gasteiger partial charge in [-0.25, -0.2) is 0 Å². The molecule has 2 rings (SSSR count). The zero-order valence-electron chi connectivity index (χ0n) is 13.1. The van der Waals surface area contributed by atoms with Crippen molar-refractivity contribution in [3.63, 3.8) is 0 Å². The fourth-order valence-electron chi connectivity index (χ4n) is 3.34. The lowest BCUT2D eigenvalue weighted by atomic mass is 9.80. The summed E-state index contributed by atoms with van der Waals surface area (Å²) in [4.78, 5) is 28.3. The van der Waals surface area contributed by atoms with Gasteiger partial charge in [0.2, 0.25) is 0 Å². The fourth-order valence-corrected chi connectivity index (χ4v) is 3.34. The van der Waals surface area contributed by atoms with Crippen molar-refractivity contribution in [3.8, 4) is 0 Å². The maximum atomic E-state index is 11.1. The molecule has 0 amide bonds. The molecule has 1 aromatic heterocycles. The van der Waals surface area contributed by atoms with Crippen molar-refractivity contribution in [3.05, 3.63) is 24.0 Å². The lowest BCUT2D eigenvalue weighted by Crippen LogP contribution is -2.32. The van der Waals surface area contributed by atoms with Crippen LogP contribution in [0.2, 0.25) is 0 Å². The van der Waals surface area contributed by atoms with Crippen molar-refractivity contribution in [2.45, 2.75) is 39.0 Å². The molecule has 120 valence electrons. The van der Waals surface area contributed by atoms with E-state index in [4.69, 9.17) is 5.11 Å². The van der Waals surface area contributed by atoms with Crippen LogP contribution in [-0.4, -0.2) is 35.4 Å². The number of rotatable bonds is 7. The van der Waals surface area contributed by atoms with Crippen LogP contribution in [0, 0.1) is 11.8 Å². The fraction of sp³-hybridized carbons (Fsp3) is 0.588. The molecule has 0 saturated heterocycles. The maximum Gasteiger partial charge on any atom is 0.303 e. The molecule has 0 bridgehead atoms. The van der Waals surface area contributed by atoms with Crippen molar-refractivity contribution in [1.82, 2.24) is 4.98 Å². The van der Waals surface area contributed by atoms with Gasteiger partial charge in [-0.15, -0.1) is 0 Å². The molecule has 1 aliphatic carbocycles. The Morgan fingerprint density at radius 3 is 2.64 bits per heavy atom. The van der Waals surface area contributed by atoms with Crippen LogP contribution in [0.15, 0.2) is 18.3 Å². The Kier molecular flexibility index (Phi) is 5.92. The number of aliphatic carboxylic acids is 1. The number of aromatic nitrogens is 1. The summed E-state index contributed by atoms with van der Waals surface area (Å²) in [7, 11) is 0. The first-order valence-corrected chi connectivity index (χ1v) is 8.01. The number of carbonyl (C=O) groups excluding carboxylic acids is 1. The molecule has 0 radical (unpaired) electrons. The number of carbonyl (C=O) groups is 2. The van der Waals surface area contributed by atoms with E-state index in [9.17, 15) is 9.59 Å². The van der Waals surface area contributed by atoms with Crippen molar-refractivity contribution >= 4 is 17.9 Å². The second-order valence-corrected chi connectivity index (χ2v) is 6.05. The van der Waals surface area contributed by atoms with E-state index in [-0.39, 0.29) is 0 Å². The highest BCUT2D eigenvalue weighted by Crippen LogP contribution is 2.32. The highest BCUT2D eigenvalue weighted by atomic mass is 16.4. The summed E-state index contributed by atoms with van der Waals surface area (Å²) in [5, 5.41) is 8.87. The molecule has 0 aliphatic heterocycles. The van der Waals surface area contributed by atoms with Crippen LogP contribution in [-0.2, 0) is 4.79 Å². The van der Waals surface area contributed by atoms with Crippen LogP contribution >= 0.6 is 0 Å². The van der Waals surface area contributed by atoms with Gasteiger partial charge in [-0.1, -0.05) is 0 Å². The van der Waals surface area contributed by atoms with Gasteiger partial charge in [0.15, 0.2) is 6.29 Å². The molecule has 0 unspecified atom stereocenters. The molecule has 1 aliphatic rings. The van der Waals surface area contributed by atoms with Gasteiger partial charge in [0.25, 0.3) is 0 Å². The van der Waals surface area contributed by atoms with Gasteiger partial charge in [0, 0.05) is 25.7 Å². The van der Waals surface area contributed by atoms with Crippen molar-refractivity contribution in [1.29, 1.82) is 0 Å². The summed E-state index contributed by atoms with van der Waals surface area (Å²) in [5.74, 6) is 0.196. The number of nitrogens with zero attached hydrogens (tertiary/aromatic N) is 2. The number of anilines is 1. The van der Waals surface area contributed by atoms with E-state index in [2.05, 4.69) is 16.8 Å². The number of carboxylic acid groups (broad SMARTS) is 1. The molecule has 1 saturated carbocycles. The lowest BCUT2D eigenvalue weighted by Gasteiger charge is -2.33.